The Morgan fingerprint density at radius 1 is 0.947 bits per heavy atom. The summed E-state index contributed by atoms with van der Waals surface area (Å²) in [5.41, 5.74) is 1.44. The van der Waals surface area contributed by atoms with Gasteiger partial charge in [0.15, 0.2) is 0 Å². The topological polar surface area (TPSA) is 42.3 Å². The zero-order chi connectivity index (χ0) is 27.3. The van der Waals surface area contributed by atoms with Crippen LogP contribution in [-0.2, 0) is 12.7 Å². The standard InChI is InChI=1S/C27H30F6N4O/c1-2-13-36-14-11-19(12-15-36)17-34-18-23-16-25(20-3-9-24(10-4-20)38-27(31,32)33)35-37(23)22-7-5-21(6-8-22)26(28,29)30/h3-10,16,19,34H,2,11-15,17-18H2,1H3. The number of rotatable bonds is 9. The van der Waals surface area contributed by atoms with Gasteiger partial charge in [0.1, 0.15) is 5.75 Å². The second kappa shape index (κ2) is 11.8. The first-order valence-electron chi connectivity index (χ1n) is 12.6. The number of alkyl halides is 6. The fourth-order valence-electron chi connectivity index (χ4n) is 4.66. The molecule has 0 amide bonds. The molecule has 0 atom stereocenters. The van der Waals surface area contributed by atoms with Crippen molar-refractivity contribution >= 4 is 0 Å². The van der Waals surface area contributed by atoms with Gasteiger partial charge in [0.2, 0.25) is 0 Å². The van der Waals surface area contributed by atoms with Crippen LogP contribution in [0.15, 0.2) is 54.6 Å². The van der Waals surface area contributed by atoms with Crippen LogP contribution in [0.2, 0.25) is 0 Å². The summed E-state index contributed by atoms with van der Waals surface area (Å²) in [5, 5.41) is 8.03. The van der Waals surface area contributed by atoms with Crippen molar-refractivity contribution in [3.63, 3.8) is 0 Å². The monoisotopic (exact) mass is 540 g/mol. The van der Waals surface area contributed by atoms with E-state index in [0.717, 1.165) is 63.3 Å². The molecule has 1 aliphatic rings. The molecule has 0 radical (unpaired) electrons. The Morgan fingerprint density at radius 3 is 2.18 bits per heavy atom. The van der Waals surface area contributed by atoms with Crippen molar-refractivity contribution < 1.29 is 31.1 Å². The molecule has 2 aromatic carbocycles. The normalized spacial score (nSPS) is 15.7. The Kier molecular flexibility index (Phi) is 8.67. The van der Waals surface area contributed by atoms with E-state index in [-0.39, 0.29) is 5.75 Å². The van der Waals surface area contributed by atoms with Crippen molar-refractivity contribution in [2.24, 2.45) is 5.92 Å². The Hall–Kier alpha value is -3.05. The molecule has 3 aromatic rings. The van der Waals surface area contributed by atoms with E-state index < -0.39 is 18.1 Å². The van der Waals surface area contributed by atoms with E-state index in [0.29, 0.717) is 29.4 Å². The first-order chi connectivity index (χ1) is 18.0. The molecule has 1 aliphatic heterocycles. The van der Waals surface area contributed by atoms with Crippen molar-refractivity contribution in [1.82, 2.24) is 20.0 Å². The van der Waals surface area contributed by atoms with Crippen molar-refractivity contribution in [3.05, 3.63) is 65.9 Å². The Labute approximate surface area is 217 Å². The molecule has 206 valence electrons. The SMILES string of the molecule is CCCN1CCC(CNCc2cc(-c3ccc(OC(F)(F)F)cc3)nn2-c2ccc(C(F)(F)F)cc2)CC1. The predicted molar refractivity (Wildman–Crippen MR) is 132 cm³/mol. The van der Waals surface area contributed by atoms with Crippen molar-refractivity contribution in [2.75, 3.05) is 26.2 Å². The third-order valence-corrected chi connectivity index (χ3v) is 6.59. The number of benzene rings is 2. The van der Waals surface area contributed by atoms with E-state index in [1.165, 1.54) is 36.4 Å². The van der Waals surface area contributed by atoms with Crippen molar-refractivity contribution in [2.45, 2.75) is 45.3 Å². The van der Waals surface area contributed by atoms with E-state index in [1.54, 1.807) is 10.7 Å². The number of hydrogen-bond acceptors (Lipinski definition) is 4. The summed E-state index contributed by atoms with van der Waals surface area (Å²) in [5.74, 6) is 0.182. The molecule has 0 aliphatic carbocycles. The molecule has 0 bridgehead atoms. The maximum atomic E-state index is 13.1. The predicted octanol–water partition coefficient (Wildman–Crippen LogP) is 6.67. The summed E-state index contributed by atoms with van der Waals surface area (Å²) < 4.78 is 82.2. The number of nitrogens with one attached hydrogen (secondary N) is 1. The zero-order valence-corrected chi connectivity index (χ0v) is 20.9. The molecule has 2 heterocycles. The number of nitrogens with zero attached hydrogens (tertiary/aromatic N) is 3. The van der Waals surface area contributed by atoms with Gasteiger partial charge in [-0.2, -0.15) is 18.3 Å². The summed E-state index contributed by atoms with van der Waals surface area (Å²) in [7, 11) is 0. The van der Waals surface area contributed by atoms with Crippen LogP contribution < -0.4 is 10.1 Å². The third kappa shape index (κ3) is 7.50. The van der Waals surface area contributed by atoms with Gasteiger partial charge in [-0.1, -0.05) is 6.92 Å². The number of hydrogen-bond donors (Lipinski definition) is 1. The zero-order valence-electron chi connectivity index (χ0n) is 20.9. The van der Waals surface area contributed by atoms with Gasteiger partial charge in [-0.25, -0.2) is 4.68 Å². The number of aromatic nitrogens is 2. The molecule has 1 aromatic heterocycles. The number of likely N-dealkylation sites (tertiary alicyclic amines) is 1. The quantitative estimate of drug-likeness (QED) is 0.308. The summed E-state index contributed by atoms with van der Waals surface area (Å²) in [6.07, 6.45) is -5.91. The minimum Gasteiger partial charge on any atom is -0.406 e. The lowest BCUT2D eigenvalue weighted by molar-refractivity contribution is -0.274. The molecule has 38 heavy (non-hydrogen) atoms. The summed E-state index contributed by atoms with van der Waals surface area (Å²) >= 11 is 0. The van der Waals surface area contributed by atoms with Gasteiger partial charge in [0.05, 0.1) is 22.6 Å². The second-order valence-corrected chi connectivity index (χ2v) is 9.47. The van der Waals surface area contributed by atoms with Crippen LogP contribution in [0.25, 0.3) is 16.9 Å². The summed E-state index contributed by atoms with van der Waals surface area (Å²) in [4.78, 5) is 2.47. The Balaban J connectivity index is 1.51. The molecular weight excluding hydrogens is 510 g/mol. The van der Waals surface area contributed by atoms with Gasteiger partial charge < -0.3 is 15.0 Å². The van der Waals surface area contributed by atoms with Gasteiger partial charge in [-0.15, -0.1) is 13.2 Å². The lowest BCUT2D eigenvalue weighted by atomic mass is 9.96. The van der Waals surface area contributed by atoms with Crippen LogP contribution >= 0.6 is 0 Å². The first kappa shape index (κ1) is 28.0. The molecule has 0 spiro atoms. The molecule has 1 saturated heterocycles. The molecule has 11 heteroatoms. The maximum Gasteiger partial charge on any atom is 0.573 e. The minimum absolute atomic E-state index is 0.352. The highest BCUT2D eigenvalue weighted by Crippen LogP contribution is 2.31. The van der Waals surface area contributed by atoms with Crippen LogP contribution in [0.3, 0.4) is 0 Å². The van der Waals surface area contributed by atoms with Crippen LogP contribution in [0.1, 0.15) is 37.4 Å². The maximum absolute atomic E-state index is 13.1. The molecule has 0 unspecified atom stereocenters. The summed E-state index contributed by atoms with van der Waals surface area (Å²) in [6.45, 7) is 6.66. The van der Waals surface area contributed by atoms with E-state index in [4.69, 9.17) is 0 Å². The Morgan fingerprint density at radius 2 is 1.61 bits per heavy atom. The molecule has 1 fully saturated rings. The van der Waals surface area contributed by atoms with Crippen LogP contribution in [-0.4, -0.2) is 47.2 Å². The Bertz CT molecular complexity index is 1160. The van der Waals surface area contributed by atoms with Gasteiger partial charge in [-0.3, -0.25) is 0 Å². The molecular formula is C27H30F6N4O. The van der Waals surface area contributed by atoms with Crippen molar-refractivity contribution in [1.29, 1.82) is 0 Å². The largest absolute Gasteiger partial charge is 0.573 e. The van der Waals surface area contributed by atoms with E-state index in [1.807, 2.05) is 0 Å². The van der Waals surface area contributed by atoms with E-state index in [2.05, 4.69) is 27.0 Å². The average molecular weight is 541 g/mol. The second-order valence-electron chi connectivity index (χ2n) is 9.47. The highest BCUT2D eigenvalue weighted by molar-refractivity contribution is 5.61. The molecule has 4 rings (SSSR count). The number of halogens is 6. The highest BCUT2D eigenvalue weighted by atomic mass is 19.4. The number of piperidine rings is 1. The van der Waals surface area contributed by atoms with Gasteiger partial charge in [0.25, 0.3) is 0 Å². The van der Waals surface area contributed by atoms with Crippen LogP contribution in [0.4, 0.5) is 26.3 Å². The smallest absolute Gasteiger partial charge is 0.406 e. The highest BCUT2D eigenvalue weighted by Gasteiger charge is 2.31. The molecule has 5 nitrogen and oxygen atoms in total. The fraction of sp³-hybridized carbons (Fsp3) is 0.444. The minimum atomic E-state index is -4.79. The van der Waals surface area contributed by atoms with E-state index in [9.17, 15) is 26.3 Å². The average Bonchev–Trinajstić information content (AvgIpc) is 3.28. The van der Waals surface area contributed by atoms with Crippen LogP contribution in [0, 0.1) is 5.92 Å². The van der Waals surface area contributed by atoms with Gasteiger partial charge in [-0.05, 0) is 106 Å². The van der Waals surface area contributed by atoms with Crippen LogP contribution in [0.5, 0.6) is 5.75 Å². The number of ether oxygens (including phenoxy) is 1. The van der Waals surface area contributed by atoms with E-state index >= 15 is 0 Å². The lowest BCUT2D eigenvalue weighted by Gasteiger charge is -2.31. The summed E-state index contributed by atoms with van der Waals surface area (Å²) in [6, 6.07) is 11.8. The van der Waals surface area contributed by atoms with Crippen molar-refractivity contribution in [3.8, 4) is 22.7 Å². The molecule has 1 N–H and O–H groups in total. The fourth-order valence-corrected chi connectivity index (χ4v) is 4.66. The molecule has 0 saturated carbocycles. The van der Waals surface area contributed by atoms with Gasteiger partial charge in [0, 0.05) is 12.1 Å². The first-order valence-corrected chi connectivity index (χ1v) is 12.6. The third-order valence-electron chi connectivity index (χ3n) is 6.59. The lowest BCUT2D eigenvalue weighted by Crippen LogP contribution is -2.37. The van der Waals surface area contributed by atoms with Gasteiger partial charge >= 0.3 is 12.5 Å².